The normalized spacial score (nSPS) is 11.3. The number of ether oxygens (including phenoxy) is 1. The van der Waals surface area contributed by atoms with E-state index in [2.05, 4.69) is 88.1 Å². The number of benzene rings is 2. The Morgan fingerprint density at radius 1 is 0.833 bits per heavy atom. The van der Waals surface area contributed by atoms with Gasteiger partial charge in [0.25, 0.3) is 0 Å². The first-order valence-corrected chi connectivity index (χ1v) is 11.2. The van der Waals surface area contributed by atoms with Gasteiger partial charge in [0.15, 0.2) is 0 Å². The van der Waals surface area contributed by atoms with Gasteiger partial charge in [-0.3, -0.25) is 4.98 Å². The van der Waals surface area contributed by atoms with Crippen molar-refractivity contribution >= 4 is 0 Å². The summed E-state index contributed by atoms with van der Waals surface area (Å²) < 4.78 is 6.21. The van der Waals surface area contributed by atoms with E-state index in [-0.39, 0.29) is 0 Å². The third-order valence-electron chi connectivity index (χ3n) is 5.26. The molecule has 0 saturated heterocycles. The number of aryl methyl sites for hydroxylation is 1. The Bertz CT molecular complexity index is 944. The maximum absolute atomic E-state index is 6.21. The highest BCUT2D eigenvalue weighted by Gasteiger charge is 2.15. The van der Waals surface area contributed by atoms with Crippen LogP contribution in [0.25, 0.3) is 11.1 Å². The van der Waals surface area contributed by atoms with E-state index >= 15 is 0 Å². The number of pyridine rings is 1. The predicted molar refractivity (Wildman–Crippen MR) is 127 cm³/mol. The van der Waals surface area contributed by atoms with Crippen molar-refractivity contribution in [3.05, 3.63) is 83.2 Å². The Hall–Kier alpha value is -2.61. The van der Waals surface area contributed by atoms with Crippen LogP contribution in [0.4, 0.5) is 0 Å². The molecule has 0 aliphatic rings. The molecule has 0 saturated carbocycles. The molecule has 0 N–H and O–H groups in total. The van der Waals surface area contributed by atoms with Gasteiger partial charge in [0.2, 0.25) is 0 Å². The first-order valence-electron chi connectivity index (χ1n) is 11.2. The molecule has 2 nitrogen and oxygen atoms in total. The van der Waals surface area contributed by atoms with E-state index in [9.17, 15) is 0 Å². The highest BCUT2D eigenvalue weighted by Crippen LogP contribution is 2.34. The molecule has 0 amide bonds. The van der Waals surface area contributed by atoms with Gasteiger partial charge < -0.3 is 4.74 Å². The molecule has 158 valence electrons. The van der Waals surface area contributed by atoms with Crippen LogP contribution in [-0.4, -0.2) is 4.98 Å². The zero-order chi connectivity index (χ0) is 21.5. The molecule has 2 heteroatoms. The molecule has 0 atom stereocenters. The molecule has 0 aliphatic carbocycles. The van der Waals surface area contributed by atoms with Crippen molar-refractivity contribution in [1.29, 1.82) is 0 Å². The molecule has 30 heavy (non-hydrogen) atoms. The summed E-state index contributed by atoms with van der Waals surface area (Å²) in [4.78, 5) is 4.61. The standard InChI is InChI=1S/C28H35NO/c1-6-23-17-27(30-19-22-10-8-7-9-11-22)18-25(14-20(2)3)28(23)24-12-13-29-26(16-24)15-21(4)5/h7-13,16-18,20-21H,6,14-15,19H2,1-5H3. The topological polar surface area (TPSA) is 22.1 Å². The van der Waals surface area contributed by atoms with Gasteiger partial charge >= 0.3 is 0 Å². The average Bonchev–Trinajstić information content (AvgIpc) is 2.72. The number of aromatic nitrogens is 1. The molecule has 0 aliphatic heterocycles. The minimum atomic E-state index is 0.579. The van der Waals surface area contributed by atoms with Crippen molar-refractivity contribution in [2.75, 3.05) is 0 Å². The quantitative estimate of drug-likeness (QED) is 0.375. The minimum Gasteiger partial charge on any atom is -0.489 e. The van der Waals surface area contributed by atoms with Crippen LogP contribution in [0.3, 0.4) is 0 Å². The van der Waals surface area contributed by atoms with Gasteiger partial charge in [-0.05, 0) is 83.2 Å². The molecule has 0 radical (unpaired) electrons. The lowest BCUT2D eigenvalue weighted by atomic mass is 9.88. The third-order valence-corrected chi connectivity index (χ3v) is 5.26. The van der Waals surface area contributed by atoms with Gasteiger partial charge in [-0.15, -0.1) is 0 Å². The van der Waals surface area contributed by atoms with Crippen molar-refractivity contribution in [2.45, 2.75) is 60.5 Å². The summed E-state index contributed by atoms with van der Waals surface area (Å²) in [5, 5.41) is 0. The van der Waals surface area contributed by atoms with Crippen LogP contribution in [0.5, 0.6) is 5.75 Å². The van der Waals surface area contributed by atoms with Crippen LogP contribution < -0.4 is 4.74 Å². The minimum absolute atomic E-state index is 0.579. The Labute approximate surface area is 182 Å². The summed E-state index contributed by atoms with van der Waals surface area (Å²) in [6, 6.07) is 19.3. The summed E-state index contributed by atoms with van der Waals surface area (Å²) >= 11 is 0. The van der Waals surface area contributed by atoms with Gasteiger partial charge in [0.05, 0.1) is 0 Å². The second-order valence-electron chi connectivity index (χ2n) is 8.98. The van der Waals surface area contributed by atoms with Crippen molar-refractivity contribution in [3.63, 3.8) is 0 Å². The van der Waals surface area contributed by atoms with E-state index in [1.807, 2.05) is 12.3 Å². The Kier molecular flexibility index (Phi) is 7.68. The van der Waals surface area contributed by atoms with E-state index in [0.29, 0.717) is 18.4 Å². The average molecular weight is 402 g/mol. The Balaban J connectivity index is 1.99. The van der Waals surface area contributed by atoms with E-state index in [1.165, 1.54) is 33.5 Å². The fourth-order valence-corrected chi connectivity index (χ4v) is 3.97. The number of hydrogen-bond acceptors (Lipinski definition) is 2. The maximum atomic E-state index is 6.21. The zero-order valence-electron chi connectivity index (χ0n) is 19.1. The van der Waals surface area contributed by atoms with Crippen molar-refractivity contribution in [1.82, 2.24) is 4.98 Å². The number of hydrogen-bond donors (Lipinski definition) is 0. The molecule has 2 aromatic carbocycles. The number of rotatable bonds is 9. The van der Waals surface area contributed by atoms with Gasteiger partial charge in [-0.2, -0.15) is 0 Å². The summed E-state index contributed by atoms with van der Waals surface area (Å²) in [5.41, 5.74) is 7.72. The largest absolute Gasteiger partial charge is 0.489 e. The molecule has 3 aromatic rings. The molecule has 3 rings (SSSR count). The highest BCUT2D eigenvalue weighted by molar-refractivity contribution is 5.72. The fourth-order valence-electron chi connectivity index (χ4n) is 3.97. The Morgan fingerprint density at radius 3 is 2.20 bits per heavy atom. The van der Waals surface area contributed by atoms with E-state index < -0.39 is 0 Å². The van der Waals surface area contributed by atoms with Gasteiger partial charge in [0, 0.05) is 11.9 Å². The highest BCUT2D eigenvalue weighted by atomic mass is 16.5. The first-order chi connectivity index (χ1) is 14.5. The molecule has 0 unspecified atom stereocenters. The Morgan fingerprint density at radius 2 is 1.53 bits per heavy atom. The molecule has 0 bridgehead atoms. The molecular formula is C28H35NO. The van der Waals surface area contributed by atoms with E-state index in [0.717, 1.165) is 25.0 Å². The summed E-state index contributed by atoms with van der Waals surface area (Å²) in [6.07, 6.45) is 4.98. The smallest absolute Gasteiger partial charge is 0.120 e. The molecule has 0 fully saturated rings. The second-order valence-corrected chi connectivity index (χ2v) is 8.98. The summed E-state index contributed by atoms with van der Waals surface area (Å²) in [7, 11) is 0. The monoisotopic (exact) mass is 401 g/mol. The first kappa shape index (κ1) is 22.1. The number of nitrogens with zero attached hydrogens (tertiary/aromatic N) is 1. The van der Waals surface area contributed by atoms with E-state index in [4.69, 9.17) is 4.74 Å². The van der Waals surface area contributed by atoms with Crippen molar-refractivity contribution in [2.24, 2.45) is 11.8 Å². The lowest BCUT2D eigenvalue weighted by Gasteiger charge is -2.19. The van der Waals surface area contributed by atoms with Gasteiger partial charge in [-0.25, -0.2) is 0 Å². The van der Waals surface area contributed by atoms with Crippen LogP contribution in [0, 0.1) is 11.8 Å². The van der Waals surface area contributed by atoms with Crippen LogP contribution in [0.15, 0.2) is 60.8 Å². The van der Waals surface area contributed by atoms with Gasteiger partial charge in [-0.1, -0.05) is 65.0 Å². The zero-order valence-corrected chi connectivity index (χ0v) is 19.1. The lowest BCUT2D eigenvalue weighted by Crippen LogP contribution is -2.04. The second kappa shape index (κ2) is 10.4. The van der Waals surface area contributed by atoms with Gasteiger partial charge in [0.1, 0.15) is 12.4 Å². The SMILES string of the molecule is CCc1cc(OCc2ccccc2)cc(CC(C)C)c1-c1ccnc(CC(C)C)c1. The van der Waals surface area contributed by atoms with Crippen LogP contribution in [-0.2, 0) is 25.9 Å². The molecular weight excluding hydrogens is 366 g/mol. The fraction of sp³-hybridized carbons (Fsp3) is 0.393. The third kappa shape index (κ3) is 5.95. The van der Waals surface area contributed by atoms with E-state index in [1.54, 1.807) is 0 Å². The van der Waals surface area contributed by atoms with Crippen LogP contribution in [0.2, 0.25) is 0 Å². The van der Waals surface area contributed by atoms with Crippen LogP contribution >= 0.6 is 0 Å². The lowest BCUT2D eigenvalue weighted by molar-refractivity contribution is 0.305. The predicted octanol–water partition coefficient (Wildman–Crippen LogP) is 7.29. The summed E-state index contributed by atoms with van der Waals surface area (Å²) in [5.74, 6) is 2.14. The van der Waals surface area contributed by atoms with Crippen molar-refractivity contribution < 1.29 is 4.74 Å². The van der Waals surface area contributed by atoms with Crippen LogP contribution in [0.1, 0.15) is 57.0 Å². The molecule has 1 aromatic heterocycles. The van der Waals surface area contributed by atoms with Crippen molar-refractivity contribution in [3.8, 4) is 16.9 Å². The summed E-state index contributed by atoms with van der Waals surface area (Å²) in [6.45, 7) is 11.9. The maximum Gasteiger partial charge on any atom is 0.120 e. The molecule has 0 spiro atoms. The molecule has 1 heterocycles.